The van der Waals surface area contributed by atoms with E-state index in [1.54, 1.807) is 0 Å². The molecule has 0 rings (SSSR count). The number of ketones is 1. The number of rotatable bonds is 12. The molecule has 1 atom stereocenters. The Kier molecular flexibility index (Phi) is 7.92. The van der Waals surface area contributed by atoms with Crippen molar-refractivity contribution in [2.45, 2.75) is 45.4 Å². The molecule has 23 heavy (non-hydrogen) atoms. The fourth-order valence-corrected chi connectivity index (χ4v) is 2.26. The lowest BCUT2D eigenvalue weighted by atomic mass is 9.72. The van der Waals surface area contributed by atoms with Gasteiger partial charge in [0.25, 0.3) is 5.41 Å². The molecular formula is C14H20O9. The van der Waals surface area contributed by atoms with Crippen LogP contribution in [0.1, 0.15) is 45.4 Å². The van der Waals surface area contributed by atoms with Crippen molar-refractivity contribution in [1.82, 2.24) is 0 Å². The molecule has 0 spiro atoms. The Balaban J connectivity index is 5.45. The SMILES string of the molecule is CCCCCCCC(=O)C(C(=O)O)C(C(=O)O)(C(=O)O)C(=O)O. The fourth-order valence-electron chi connectivity index (χ4n) is 2.26. The Morgan fingerprint density at radius 2 is 1.22 bits per heavy atom. The second-order valence-corrected chi connectivity index (χ2v) is 5.13. The van der Waals surface area contributed by atoms with Gasteiger partial charge in [-0.15, -0.1) is 0 Å². The molecule has 9 heteroatoms. The molecule has 0 saturated carbocycles. The third-order valence-electron chi connectivity index (χ3n) is 3.54. The number of unbranched alkanes of at least 4 members (excludes halogenated alkanes) is 4. The topological polar surface area (TPSA) is 166 Å². The van der Waals surface area contributed by atoms with Gasteiger partial charge < -0.3 is 20.4 Å². The molecule has 0 radical (unpaired) electrons. The zero-order valence-corrected chi connectivity index (χ0v) is 12.7. The van der Waals surface area contributed by atoms with Crippen LogP contribution >= 0.6 is 0 Å². The summed E-state index contributed by atoms with van der Waals surface area (Å²) in [6.07, 6.45) is 3.04. The number of aliphatic carboxylic acids is 4. The highest BCUT2D eigenvalue weighted by molar-refractivity contribution is 6.23. The molecule has 4 N–H and O–H groups in total. The van der Waals surface area contributed by atoms with Gasteiger partial charge in [-0.25, -0.2) is 0 Å². The van der Waals surface area contributed by atoms with Crippen LogP contribution in [0.4, 0.5) is 0 Å². The molecule has 0 aromatic rings. The number of carboxylic acids is 4. The van der Waals surface area contributed by atoms with Gasteiger partial charge in [-0.1, -0.05) is 32.6 Å². The molecule has 0 amide bonds. The van der Waals surface area contributed by atoms with E-state index in [9.17, 15) is 24.0 Å². The smallest absolute Gasteiger partial charge is 0.334 e. The van der Waals surface area contributed by atoms with Crippen LogP contribution in [0.2, 0.25) is 0 Å². The maximum Gasteiger partial charge on any atom is 0.334 e. The molecule has 0 saturated heterocycles. The van der Waals surface area contributed by atoms with Crippen LogP contribution in [-0.2, 0) is 24.0 Å². The highest BCUT2D eigenvalue weighted by Gasteiger charge is 2.65. The minimum Gasteiger partial charge on any atom is -0.481 e. The first kappa shape index (κ1) is 20.6. The van der Waals surface area contributed by atoms with Gasteiger partial charge in [0.2, 0.25) is 0 Å². The predicted octanol–water partition coefficient (Wildman–Crippen LogP) is 0.857. The molecule has 0 aromatic carbocycles. The van der Waals surface area contributed by atoms with Crippen molar-refractivity contribution in [2.24, 2.45) is 11.3 Å². The zero-order valence-electron chi connectivity index (χ0n) is 12.7. The third-order valence-corrected chi connectivity index (χ3v) is 3.54. The molecule has 9 nitrogen and oxygen atoms in total. The van der Waals surface area contributed by atoms with Gasteiger partial charge in [-0.2, -0.15) is 0 Å². The Morgan fingerprint density at radius 1 is 0.783 bits per heavy atom. The number of hydrogen-bond acceptors (Lipinski definition) is 5. The quantitative estimate of drug-likeness (QED) is 0.299. The third kappa shape index (κ3) is 4.51. The highest BCUT2D eigenvalue weighted by atomic mass is 16.4. The molecule has 0 aliphatic carbocycles. The maximum absolute atomic E-state index is 12.0. The van der Waals surface area contributed by atoms with Crippen molar-refractivity contribution in [3.05, 3.63) is 0 Å². The highest BCUT2D eigenvalue weighted by Crippen LogP contribution is 2.32. The fraction of sp³-hybridized carbons (Fsp3) is 0.643. The minimum absolute atomic E-state index is 0.234. The number of hydrogen-bond donors (Lipinski definition) is 4. The number of Topliss-reactive ketones (excluding diaryl/α,β-unsaturated/α-hetero) is 1. The molecule has 0 bridgehead atoms. The van der Waals surface area contributed by atoms with E-state index in [0.29, 0.717) is 6.42 Å². The maximum atomic E-state index is 12.0. The second kappa shape index (κ2) is 8.86. The Morgan fingerprint density at radius 3 is 1.57 bits per heavy atom. The first-order chi connectivity index (χ1) is 10.6. The van der Waals surface area contributed by atoms with Crippen LogP contribution < -0.4 is 0 Å². The summed E-state index contributed by atoms with van der Waals surface area (Å²) < 4.78 is 0. The Hall–Kier alpha value is -2.45. The summed E-state index contributed by atoms with van der Waals surface area (Å²) in [4.78, 5) is 56.8. The van der Waals surface area contributed by atoms with E-state index in [2.05, 4.69) is 0 Å². The zero-order chi connectivity index (χ0) is 18.2. The minimum atomic E-state index is -3.74. The normalized spacial score (nSPS) is 12.4. The molecule has 0 aliphatic heterocycles. The summed E-state index contributed by atoms with van der Waals surface area (Å²) in [7, 11) is 0. The summed E-state index contributed by atoms with van der Waals surface area (Å²) in [5, 5.41) is 36.0. The monoisotopic (exact) mass is 332 g/mol. The van der Waals surface area contributed by atoms with E-state index in [-0.39, 0.29) is 6.42 Å². The van der Waals surface area contributed by atoms with Crippen molar-refractivity contribution in [1.29, 1.82) is 0 Å². The van der Waals surface area contributed by atoms with E-state index in [4.69, 9.17) is 20.4 Å². The van der Waals surface area contributed by atoms with Crippen molar-refractivity contribution in [2.75, 3.05) is 0 Å². The van der Waals surface area contributed by atoms with Crippen molar-refractivity contribution in [3.63, 3.8) is 0 Å². The van der Waals surface area contributed by atoms with Crippen molar-refractivity contribution >= 4 is 29.7 Å². The molecule has 0 aliphatic rings. The summed E-state index contributed by atoms with van der Waals surface area (Å²) in [6, 6.07) is 0. The Labute approximate surface area is 131 Å². The van der Waals surface area contributed by atoms with Crippen LogP contribution in [0.15, 0.2) is 0 Å². The number of carboxylic acid groups (broad SMARTS) is 4. The lowest BCUT2D eigenvalue weighted by Gasteiger charge is -2.25. The van der Waals surface area contributed by atoms with Crippen molar-refractivity contribution in [3.8, 4) is 0 Å². The molecule has 0 heterocycles. The Bertz CT molecular complexity index is 458. The standard InChI is InChI=1S/C14H20O9/c1-2-3-4-5-6-7-8(15)9(10(16)17)14(11(18)19,12(20)21)13(22)23/h9H,2-7H2,1H3,(H,16,17)(H,18,19)(H,20,21)(H,22,23). The molecule has 0 fully saturated rings. The van der Waals surface area contributed by atoms with Gasteiger partial charge in [-0.05, 0) is 6.42 Å². The van der Waals surface area contributed by atoms with Gasteiger partial charge in [-0.3, -0.25) is 24.0 Å². The number of carbonyl (C=O) groups is 5. The predicted molar refractivity (Wildman–Crippen MR) is 74.8 cm³/mol. The van der Waals surface area contributed by atoms with Crippen LogP contribution in [0.3, 0.4) is 0 Å². The van der Waals surface area contributed by atoms with E-state index >= 15 is 0 Å². The summed E-state index contributed by atoms with van der Waals surface area (Å²) in [5.41, 5.74) is -3.74. The summed E-state index contributed by atoms with van der Waals surface area (Å²) in [5.74, 6) is -13.2. The first-order valence-corrected chi connectivity index (χ1v) is 7.09. The summed E-state index contributed by atoms with van der Waals surface area (Å²) >= 11 is 0. The van der Waals surface area contributed by atoms with Gasteiger partial charge in [0.1, 0.15) is 5.78 Å². The van der Waals surface area contributed by atoms with Crippen LogP contribution in [0.25, 0.3) is 0 Å². The van der Waals surface area contributed by atoms with Crippen molar-refractivity contribution < 1.29 is 44.4 Å². The van der Waals surface area contributed by atoms with Gasteiger partial charge in [0.15, 0.2) is 5.92 Å². The van der Waals surface area contributed by atoms with Gasteiger partial charge in [0.05, 0.1) is 0 Å². The summed E-state index contributed by atoms with van der Waals surface area (Å²) in [6.45, 7) is 1.96. The average molecular weight is 332 g/mol. The van der Waals surface area contributed by atoms with E-state index in [1.807, 2.05) is 6.92 Å². The molecular weight excluding hydrogens is 312 g/mol. The molecule has 1 unspecified atom stereocenters. The van der Waals surface area contributed by atoms with Gasteiger partial charge in [0, 0.05) is 6.42 Å². The molecule has 130 valence electrons. The van der Waals surface area contributed by atoms with Crippen LogP contribution in [0.5, 0.6) is 0 Å². The van der Waals surface area contributed by atoms with E-state index < -0.39 is 47.4 Å². The lowest BCUT2D eigenvalue weighted by Crippen LogP contribution is -2.57. The number of carbonyl (C=O) groups excluding carboxylic acids is 1. The van der Waals surface area contributed by atoms with Crippen LogP contribution in [0, 0.1) is 11.3 Å². The average Bonchev–Trinajstić information content (AvgIpc) is 2.42. The molecule has 0 aromatic heterocycles. The largest absolute Gasteiger partial charge is 0.481 e. The van der Waals surface area contributed by atoms with E-state index in [1.165, 1.54) is 0 Å². The lowest BCUT2D eigenvalue weighted by molar-refractivity contribution is -0.187. The van der Waals surface area contributed by atoms with Gasteiger partial charge >= 0.3 is 23.9 Å². The second-order valence-electron chi connectivity index (χ2n) is 5.13. The first-order valence-electron chi connectivity index (χ1n) is 7.09. The van der Waals surface area contributed by atoms with E-state index in [0.717, 1.165) is 19.3 Å². The van der Waals surface area contributed by atoms with Crippen LogP contribution in [-0.4, -0.2) is 50.1 Å².